The topological polar surface area (TPSA) is 86.0 Å². The number of likely N-dealkylation sites (N-methyl/N-ethyl adjacent to an activating group) is 1. The second kappa shape index (κ2) is 10.4. The summed E-state index contributed by atoms with van der Waals surface area (Å²) >= 11 is 0. The molecule has 4 aromatic rings. The van der Waals surface area contributed by atoms with E-state index in [1.807, 2.05) is 30.9 Å². The third kappa shape index (κ3) is 5.00. The number of H-pyrrole nitrogens is 1. The van der Waals surface area contributed by atoms with Crippen LogP contribution in [0.3, 0.4) is 0 Å². The number of nitrogens with zero attached hydrogens (tertiary/aromatic N) is 6. The van der Waals surface area contributed by atoms with Crippen LogP contribution in [0.4, 0.5) is 0 Å². The smallest absolute Gasteiger partial charge is 0.240 e. The fourth-order valence-electron chi connectivity index (χ4n) is 4.92. The van der Waals surface area contributed by atoms with E-state index in [0.29, 0.717) is 18.4 Å². The summed E-state index contributed by atoms with van der Waals surface area (Å²) in [5.74, 6) is 1.89. The standard InChI is InChI=1S/C28H37N7O2/c1-7-34-16-19(5)37-28-23(14-29-33(28)6)20-9-11-24-22(13-20)25(31-30-24)12-10-21-26(17-34)35(15-18(3)4)32-27(21)36-8-2/h9-14,18-19H,7-8,15-17H2,1-6H3,(H,30,31)/b12-10+. The van der Waals surface area contributed by atoms with Gasteiger partial charge in [-0.3, -0.25) is 14.7 Å². The Morgan fingerprint density at radius 1 is 1.22 bits per heavy atom. The molecule has 1 N–H and O–H groups in total. The van der Waals surface area contributed by atoms with Crippen LogP contribution in [-0.2, 0) is 20.1 Å². The summed E-state index contributed by atoms with van der Waals surface area (Å²) in [4.78, 5) is 2.40. The summed E-state index contributed by atoms with van der Waals surface area (Å²) in [6, 6.07) is 6.26. The van der Waals surface area contributed by atoms with Crippen molar-refractivity contribution in [1.29, 1.82) is 0 Å². The van der Waals surface area contributed by atoms with E-state index in [9.17, 15) is 0 Å². The zero-order valence-electron chi connectivity index (χ0n) is 22.7. The molecule has 0 amide bonds. The molecule has 1 unspecified atom stereocenters. The summed E-state index contributed by atoms with van der Waals surface area (Å²) in [5, 5.41) is 18.2. The van der Waals surface area contributed by atoms with Gasteiger partial charge in [-0.1, -0.05) is 26.8 Å². The average molecular weight is 504 g/mol. The molecule has 1 atom stereocenters. The lowest BCUT2D eigenvalue weighted by atomic mass is 10.1. The van der Waals surface area contributed by atoms with Gasteiger partial charge >= 0.3 is 0 Å². The summed E-state index contributed by atoms with van der Waals surface area (Å²) in [6.45, 7) is 14.5. The molecule has 5 rings (SSSR count). The zero-order chi connectivity index (χ0) is 26.1. The molecular weight excluding hydrogens is 466 g/mol. The molecule has 4 heterocycles. The number of hydrogen-bond acceptors (Lipinski definition) is 6. The number of nitrogens with one attached hydrogen (secondary N) is 1. The highest BCUT2D eigenvalue weighted by atomic mass is 16.5. The number of rotatable bonds is 5. The van der Waals surface area contributed by atoms with Crippen LogP contribution in [0, 0.1) is 5.92 Å². The number of aryl methyl sites for hydroxylation is 1. The SMILES string of the molecule is CCOc1nn(CC(C)C)c2c1/C=C/c1[nH]nc3ccc(cc13)-c1cnn(C)c1OC(C)CN(CC)C2. The lowest BCUT2D eigenvalue weighted by Crippen LogP contribution is -2.34. The first-order valence-electron chi connectivity index (χ1n) is 13.2. The first-order valence-corrected chi connectivity index (χ1v) is 13.2. The maximum atomic E-state index is 6.52. The fraction of sp³-hybridized carbons (Fsp3) is 0.464. The molecule has 0 saturated heterocycles. The fourth-order valence-corrected chi connectivity index (χ4v) is 4.92. The second-order valence-corrected chi connectivity index (χ2v) is 10.1. The predicted molar refractivity (Wildman–Crippen MR) is 146 cm³/mol. The molecular formula is C28H37N7O2. The molecule has 1 aliphatic heterocycles. The maximum Gasteiger partial charge on any atom is 0.240 e. The van der Waals surface area contributed by atoms with Crippen molar-refractivity contribution in [3.05, 3.63) is 41.3 Å². The number of benzene rings is 1. The number of ether oxygens (including phenoxy) is 2. The van der Waals surface area contributed by atoms with Gasteiger partial charge in [-0.05, 0) is 56.2 Å². The summed E-state index contributed by atoms with van der Waals surface area (Å²) in [5.41, 5.74) is 6.01. The Balaban J connectivity index is 1.69. The minimum atomic E-state index is -0.0423. The van der Waals surface area contributed by atoms with Gasteiger partial charge in [-0.25, -0.2) is 4.68 Å². The Kier molecular flexibility index (Phi) is 7.06. The molecule has 3 aromatic heterocycles. The van der Waals surface area contributed by atoms with Crippen LogP contribution < -0.4 is 9.47 Å². The highest BCUT2D eigenvalue weighted by molar-refractivity contribution is 5.93. The number of hydrogen-bond donors (Lipinski definition) is 1. The van der Waals surface area contributed by atoms with Crippen LogP contribution in [0.2, 0.25) is 0 Å². The molecule has 0 radical (unpaired) electrons. The third-order valence-corrected chi connectivity index (χ3v) is 6.73. The molecule has 196 valence electrons. The van der Waals surface area contributed by atoms with E-state index in [1.165, 1.54) is 0 Å². The van der Waals surface area contributed by atoms with E-state index < -0.39 is 0 Å². The Labute approximate surface area is 218 Å². The van der Waals surface area contributed by atoms with E-state index in [-0.39, 0.29) is 6.10 Å². The van der Waals surface area contributed by atoms with Gasteiger partial charge in [0.25, 0.3) is 0 Å². The number of aromatic amines is 1. The maximum absolute atomic E-state index is 6.52. The lowest BCUT2D eigenvalue weighted by Gasteiger charge is -2.26. The molecule has 2 bridgehead atoms. The van der Waals surface area contributed by atoms with E-state index in [2.05, 4.69) is 76.9 Å². The van der Waals surface area contributed by atoms with Crippen molar-refractivity contribution in [2.24, 2.45) is 13.0 Å². The quantitative estimate of drug-likeness (QED) is 0.413. The van der Waals surface area contributed by atoms with Crippen molar-refractivity contribution < 1.29 is 9.47 Å². The molecule has 0 fully saturated rings. The zero-order valence-corrected chi connectivity index (χ0v) is 22.7. The molecule has 1 aliphatic rings. The lowest BCUT2D eigenvalue weighted by molar-refractivity contribution is 0.134. The highest BCUT2D eigenvalue weighted by Crippen LogP contribution is 2.34. The highest BCUT2D eigenvalue weighted by Gasteiger charge is 2.23. The van der Waals surface area contributed by atoms with Crippen molar-refractivity contribution in [2.45, 2.75) is 53.8 Å². The van der Waals surface area contributed by atoms with Gasteiger partial charge in [-0.15, -0.1) is 5.10 Å². The molecule has 0 spiro atoms. The van der Waals surface area contributed by atoms with Gasteiger partial charge < -0.3 is 9.47 Å². The molecule has 9 heteroatoms. The van der Waals surface area contributed by atoms with Crippen molar-refractivity contribution in [2.75, 3.05) is 19.7 Å². The third-order valence-electron chi connectivity index (χ3n) is 6.73. The Morgan fingerprint density at radius 2 is 2.05 bits per heavy atom. The van der Waals surface area contributed by atoms with E-state index in [4.69, 9.17) is 14.6 Å². The van der Waals surface area contributed by atoms with Crippen molar-refractivity contribution in [3.8, 4) is 22.9 Å². The summed E-state index contributed by atoms with van der Waals surface area (Å²) < 4.78 is 16.5. The van der Waals surface area contributed by atoms with E-state index >= 15 is 0 Å². The predicted octanol–water partition coefficient (Wildman–Crippen LogP) is 4.99. The first-order chi connectivity index (χ1) is 17.9. The molecule has 0 aliphatic carbocycles. The average Bonchev–Trinajstić information content (AvgIpc) is 3.52. The molecule has 0 saturated carbocycles. The van der Waals surface area contributed by atoms with Crippen LogP contribution >= 0.6 is 0 Å². The largest absolute Gasteiger partial charge is 0.476 e. The number of aromatic nitrogens is 6. The van der Waals surface area contributed by atoms with Crippen LogP contribution in [0.25, 0.3) is 34.2 Å². The second-order valence-electron chi connectivity index (χ2n) is 10.1. The van der Waals surface area contributed by atoms with Gasteiger partial charge in [0, 0.05) is 32.1 Å². The molecule has 37 heavy (non-hydrogen) atoms. The van der Waals surface area contributed by atoms with Gasteiger partial charge in [0.1, 0.15) is 6.10 Å². The van der Waals surface area contributed by atoms with Crippen molar-refractivity contribution >= 4 is 23.1 Å². The summed E-state index contributed by atoms with van der Waals surface area (Å²) in [6.07, 6.45) is 6.03. The normalized spacial score (nSPS) is 17.3. The van der Waals surface area contributed by atoms with E-state index in [0.717, 1.165) is 71.0 Å². The molecule has 9 nitrogen and oxygen atoms in total. The van der Waals surface area contributed by atoms with Crippen LogP contribution in [-0.4, -0.2) is 60.5 Å². The van der Waals surface area contributed by atoms with Crippen LogP contribution in [0.15, 0.2) is 24.4 Å². The number of fused-ring (bicyclic) bond motifs is 4. The van der Waals surface area contributed by atoms with Gasteiger partial charge in [-0.2, -0.15) is 10.2 Å². The van der Waals surface area contributed by atoms with Gasteiger partial charge in [0.05, 0.1) is 40.8 Å². The Hall–Kier alpha value is -3.59. The summed E-state index contributed by atoms with van der Waals surface area (Å²) in [7, 11) is 1.92. The van der Waals surface area contributed by atoms with Crippen LogP contribution in [0.1, 0.15) is 51.6 Å². The van der Waals surface area contributed by atoms with Gasteiger partial charge in [0.15, 0.2) is 0 Å². The minimum Gasteiger partial charge on any atom is -0.476 e. The Morgan fingerprint density at radius 3 is 2.81 bits per heavy atom. The van der Waals surface area contributed by atoms with Crippen molar-refractivity contribution in [3.63, 3.8) is 0 Å². The minimum absolute atomic E-state index is 0.0423. The van der Waals surface area contributed by atoms with E-state index in [1.54, 1.807) is 0 Å². The van der Waals surface area contributed by atoms with Crippen LogP contribution in [0.5, 0.6) is 11.8 Å². The monoisotopic (exact) mass is 503 g/mol. The Bertz CT molecular complexity index is 1410. The van der Waals surface area contributed by atoms with Gasteiger partial charge in [0.2, 0.25) is 11.8 Å². The molecule has 1 aromatic carbocycles. The van der Waals surface area contributed by atoms with Crippen molar-refractivity contribution in [1.82, 2.24) is 34.7 Å². The first kappa shape index (κ1) is 25.1.